The molecule has 4 rings (SSSR count). The summed E-state index contributed by atoms with van der Waals surface area (Å²) in [5.74, 6) is -1.38. The van der Waals surface area contributed by atoms with Crippen LogP contribution < -0.4 is 9.80 Å². The lowest BCUT2D eigenvalue weighted by molar-refractivity contribution is -0.117. The van der Waals surface area contributed by atoms with Gasteiger partial charge in [0, 0.05) is 25.5 Å². The normalized spacial score (nSPS) is 16.3. The predicted molar refractivity (Wildman–Crippen MR) is 120 cm³/mol. The van der Waals surface area contributed by atoms with Crippen molar-refractivity contribution in [3.8, 4) is 0 Å². The van der Waals surface area contributed by atoms with Gasteiger partial charge in [0.25, 0.3) is 5.91 Å². The molecule has 0 spiro atoms. The Labute approximate surface area is 179 Å². The number of anilines is 2. The lowest BCUT2D eigenvalue weighted by atomic mass is 9.94. The molecule has 2 aromatic carbocycles. The minimum Gasteiger partial charge on any atom is -0.503 e. The van der Waals surface area contributed by atoms with Gasteiger partial charge in [0.2, 0.25) is 5.78 Å². The van der Waals surface area contributed by atoms with Crippen LogP contribution in [0.4, 0.5) is 11.4 Å². The Morgan fingerprint density at radius 1 is 1.07 bits per heavy atom. The molecule has 30 heavy (non-hydrogen) atoms. The van der Waals surface area contributed by atoms with Crippen LogP contribution >= 0.6 is 11.3 Å². The van der Waals surface area contributed by atoms with Crippen molar-refractivity contribution in [3.05, 3.63) is 93.4 Å². The summed E-state index contributed by atoms with van der Waals surface area (Å²) >= 11 is 1.29. The van der Waals surface area contributed by atoms with Gasteiger partial charge < -0.3 is 10.0 Å². The van der Waals surface area contributed by atoms with E-state index in [-0.39, 0.29) is 11.4 Å². The molecule has 0 radical (unpaired) electrons. The molecule has 1 aromatic heterocycles. The fourth-order valence-electron chi connectivity index (χ4n) is 3.71. The molecule has 0 bridgehead atoms. The Balaban J connectivity index is 1.85. The fraction of sp³-hybridized carbons (Fsp3) is 0.167. The van der Waals surface area contributed by atoms with Crippen LogP contribution in [0.15, 0.2) is 77.4 Å². The fourth-order valence-corrected chi connectivity index (χ4v) is 4.39. The summed E-state index contributed by atoms with van der Waals surface area (Å²) < 4.78 is 0. The highest BCUT2D eigenvalue weighted by Gasteiger charge is 2.44. The molecule has 1 aliphatic heterocycles. The molecule has 0 saturated carbocycles. The number of amides is 1. The van der Waals surface area contributed by atoms with Gasteiger partial charge in [0.15, 0.2) is 5.76 Å². The molecular weight excluding hydrogens is 396 g/mol. The quantitative estimate of drug-likeness (QED) is 0.599. The van der Waals surface area contributed by atoms with Gasteiger partial charge in [-0.2, -0.15) is 0 Å². The Morgan fingerprint density at radius 3 is 2.40 bits per heavy atom. The van der Waals surface area contributed by atoms with Crippen LogP contribution in [0.5, 0.6) is 0 Å². The van der Waals surface area contributed by atoms with E-state index in [2.05, 4.69) is 0 Å². The Bertz CT molecular complexity index is 1130. The number of aliphatic hydroxyl groups excluding tert-OH is 1. The number of hydrogen-bond donors (Lipinski definition) is 1. The van der Waals surface area contributed by atoms with E-state index in [4.69, 9.17) is 0 Å². The first-order valence-electron chi connectivity index (χ1n) is 9.57. The van der Waals surface area contributed by atoms with Crippen molar-refractivity contribution in [1.29, 1.82) is 0 Å². The van der Waals surface area contributed by atoms with Crippen molar-refractivity contribution in [2.75, 3.05) is 23.9 Å². The van der Waals surface area contributed by atoms with Gasteiger partial charge in [-0.25, -0.2) is 0 Å². The van der Waals surface area contributed by atoms with E-state index in [0.29, 0.717) is 10.6 Å². The van der Waals surface area contributed by atoms with Crippen LogP contribution in [0.25, 0.3) is 0 Å². The highest BCUT2D eigenvalue weighted by molar-refractivity contribution is 7.12. The molecule has 0 saturated heterocycles. The number of hydrogen-bond acceptors (Lipinski definition) is 5. The van der Waals surface area contributed by atoms with Crippen LogP contribution in [0.1, 0.15) is 26.8 Å². The number of aryl methyl sites for hydroxylation is 1. The molecule has 1 atom stereocenters. The third-order valence-electron chi connectivity index (χ3n) is 5.20. The van der Waals surface area contributed by atoms with Gasteiger partial charge >= 0.3 is 0 Å². The largest absolute Gasteiger partial charge is 0.503 e. The zero-order valence-electron chi connectivity index (χ0n) is 17.0. The maximum Gasteiger partial charge on any atom is 0.294 e. The molecular formula is C24H22N2O3S. The molecule has 5 nitrogen and oxygen atoms in total. The SMILES string of the molecule is Cc1cccc(C2C(C(=O)c3cccs3)=C(O)C(=O)N2c2ccc(N(C)C)cc2)c1. The minimum atomic E-state index is -0.697. The van der Waals surface area contributed by atoms with Gasteiger partial charge in [-0.05, 0) is 48.2 Å². The monoisotopic (exact) mass is 418 g/mol. The number of Topliss-reactive ketones (excluding diaryl/α,β-unsaturated/α-hetero) is 1. The summed E-state index contributed by atoms with van der Waals surface area (Å²) in [5, 5.41) is 12.6. The van der Waals surface area contributed by atoms with Gasteiger partial charge in [-0.15, -0.1) is 11.3 Å². The maximum atomic E-state index is 13.3. The van der Waals surface area contributed by atoms with E-state index in [1.807, 2.05) is 74.4 Å². The van der Waals surface area contributed by atoms with Crippen molar-refractivity contribution < 1.29 is 14.7 Å². The highest BCUT2D eigenvalue weighted by atomic mass is 32.1. The van der Waals surface area contributed by atoms with E-state index >= 15 is 0 Å². The molecule has 6 heteroatoms. The van der Waals surface area contributed by atoms with Crippen LogP contribution in [0.2, 0.25) is 0 Å². The molecule has 0 aliphatic carbocycles. The molecule has 0 fully saturated rings. The minimum absolute atomic E-state index is 0.115. The third-order valence-corrected chi connectivity index (χ3v) is 6.07. The number of carbonyl (C=O) groups excluding carboxylic acids is 2. The van der Waals surface area contributed by atoms with Crippen LogP contribution in [0, 0.1) is 6.92 Å². The average molecular weight is 419 g/mol. The van der Waals surface area contributed by atoms with Gasteiger partial charge in [-0.3, -0.25) is 14.5 Å². The Morgan fingerprint density at radius 2 is 1.80 bits per heavy atom. The second kappa shape index (κ2) is 7.80. The molecule has 3 aromatic rings. The number of ketones is 1. The summed E-state index contributed by atoms with van der Waals surface area (Å²) in [6.07, 6.45) is 0. The second-order valence-corrected chi connectivity index (χ2v) is 8.42. The number of benzene rings is 2. The van der Waals surface area contributed by atoms with Crippen LogP contribution in [-0.2, 0) is 4.79 Å². The van der Waals surface area contributed by atoms with E-state index in [9.17, 15) is 14.7 Å². The molecule has 1 amide bonds. The summed E-state index contributed by atoms with van der Waals surface area (Å²) in [7, 11) is 3.88. The Hall–Kier alpha value is -3.38. The van der Waals surface area contributed by atoms with Crippen molar-refractivity contribution in [2.24, 2.45) is 0 Å². The first-order valence-corrected chi connectivity index (χ1v) is 10.5. The summed E-state index contributed by atoms with van der Waals surface area (Å²) in [4.78, 5) is 30.4. The number of thiophene rings is 1. The van der Waals surface area contributed by atoms with Gasteiger partial charge in [0.05, 0.1) is 16.5 Å². The van der Waals surface area contributed by atoms with Crippen LogP contribution in [0.3, 0.4) is 0 Å². The van der Waals surface area contributed by atoms with Crippen molar-refractivity contribution in [2.45, 2.75) is 13.0 Å². The summed E-state index contributed by atoms with van der Waals surface area (Å²) in [6.45, 7) is 1.96. The van der Waals surface area contributed by atoms with E-state index in [1.165, 1.54) is 16.2 Å². The van der Waals surface area contributed by atoms with Crippen LogP contribution in [-0.4, -0.2) is 30.9 Å². The first-order chi connectivity index (χ1) is 14.4. The number of carbonyl (C=O) groups is 2. The van der Waals surface area contributed by atoms with Crippen molar-refractivity contribution >= 4 is 34.4 Å². The molecule has 1 N–H and O–H groups in total. The number of aliphatic hydroxyl groups is 1. The zero-order valence-corrected chi connectivity index (χ0v) is 17.8. The highest BCUT2D eigenvalue weighted by Crippen LogP contribution is 2.42. The number of rotatable bonds is 5. The maximum absolute atomic E-state index is 13.3. The molecule has 1 aliphatic rings. The summed E-state index contributed by atoms with van der Waals surface area (Å²) in [6, 6.07) is 18.0. The average Bonchev–Trinajstić information content (AvgIpc) is 3.35. The number of nitrogens with zero attached hydrogens (tertiary/aromatic N) is 2. The molecule has 2 heterocycles. The lowest BCUT2D eigenvalue weighted by Crippen LogP contribution is -2.31. The predicted octanol–water partition coefficient (Wildman–Crippen LogP) is 4.91. The van der Waals surface area contributed by atoms with Crippen molar-refractivity contribution in [3.63, 3.8) is 0 Å². The van der Waals surface area contributed by atoms with E-state index in [0.717, 1.165) is 16.8 Å². The van der Waals surface area contributed by atoms with Crippen molar-refractivity contribution in [1.82, 2.24) is 0 Å². The standard InChI is InChI=1S/C24H22N2O3S/c1-15-6-4-7-16(14-15)21-20(22(27)19-8-5-13-30-19)23(28)24(29)26(21)18-11-9-17(10-12-18)25(2)3/h4-14,21,28H,1-3H3. The van der Waals surface area contributed by atoms with Gasteiger partial charge in [-0.1, -0.05) is 35.9 Å². The van der Waals surface area contributed by atoms with E-state index in [1.54, 1.807) is 17.5 Å². The molecule has 152 valence electrons. The smallest absolute Gasteiger partial charge is 0.294 e. The second-order valence-electron chi connectivity index (χ2n) is 7.47. The van der Waals surface area contributed by atoms with E-state index < -0.39 is 17.7 Å². The van der Waals surface area contributed by atoms with Gasteiger partial charge in [0.1, 0.15) is 0 Å². The first kappa shape index (κ1) is 19.9. The zero-order chi connectivity index (χ0) is 21.4. The third kappa shape index (κ3) is 3.39. The lowest BCUT2D eigenvalue weighted by Gasteiger charge is -2.27. The summed E-state index contributed by atoms with van der Waals surface area (Å²) in [5.41, 5.74) is 3.52. The molecule has 1 unspecified atom stereocenters. The topological polar surface area (TPSA) is 60.9 Å². The Kier molecular flexibility index (Phi) is 5.18.